The molecule has 5 nitrogen and oxygen atoms in total. The SMILES string of the molecule is Cc1cccc(CN2CCN(c3nc(C)cc(C(F)(F)F)n3)CC2)n1. The van der Waals surface area contributed by atoms with E-state index in [0.29, 0.717) is 18.8 Å². The molecule has 1 aliphatic rings. The fourth-order valence-electron chi connectivity index (χ4n) is 2.86. The predicted molar refractivity (Wildman–Crippen MR) is 88.2 cm³/mol. The summed E-state index contributed by atoms with van der Waals surface area (Å²) in [6.07, 6.45) is -4.46. The van der Waals surface area contributed by atoms with Crippen LogP contribution in [0.15, 0.2) is 24.3 Å². The number of rotatable bonds is 3. The summed E-state index contributed by atoms with van der Waals surface area (Å²) in [4.78, 5) is 16.4. The van der Waals surface area contributed by atoms with Crippen LogP contribution in [0.3, 0.4) is 0 Å². The lowest BCUT2D eigenvalue weighted by molar-refractivity contribution is -0.141. The van der Waals surface area contributed by atoms with E-state index < -0.39 is 11.9 Å². The van der Waals surface area contributed by atoms with Crippen LogP contribution in [0.1, 0.15) is 22.8 Å². The number of piperazine rings is 1. The number of nitrogens with zero attached hydrogens (tertiary/aromatic N) is 5. The summed E-state index contributed by atoms with van der Waals surface area (Å²) in [6, 6.07) is 6.89. The summed E-state index contributed by atoms with van der Waals surface area (Å²) in [7, 11) is 0. The number of halogens is 3. The standard InChI is InChI=1S/C17H20F3N5/c1-12-4-3-5-14(21-12)11-24-6-8-25(9-7-24)16-22-13(2)10-15(23-16)17(18,19)20/h3-5,10H,6-9,11H2,1-2H3. The zero-order chi connectivity index (χ0) is 18.0. The summed E-state index contributed by atoms with van der Waals surface area (Å²) < 4.78 is 38.8. The molecule has 3 heterocycles. The molecule has 0 bridgehead atoms. The van der Waals surface area contributed by atoms with Crippen molar-refractivity contribution in [2.45, 2.75) is 26.6 Å². The van der Waals surface area contributed by atoms with Gasteiger partial charge in [-0.2, -0.15) is 13.2 Å². The molecule has 0 spiro atoms. The van der Waals surface area contributed by atoms with Gasteiger partial charge >= 0.3 is 6.18 Å². The first kappa shape index (κ1) is 17.6. The molecule has 0 atom stereocenters. The predicted octanol–water partition coefficient (Wildman–Crippen LogP) is 2.83. The van der Waals surface area contributed by atoms with E-state index in [0.717, 1.165) is 37.1 Å². The van der Waals surface area contributed by atoms with Crippen LogP contribution in [-0.2, 0) is 12.7 Å². The van der Waals surface area contributed by atoms with Gasteiger partial charge in [0.15, 0.2) is 0 Å². The van der Waals surface area contributed by atoms with Gasteiger partial charge in [-0.25, -0.2) is 9.97 Å². The smallest absolute Gasteiger partial charge is 0.338 e. The third kappa shape index (κ3) is 4.45. The minimum absolute atomic E-state index is 0.153. The molecule has 2 aromatic heterocycles. The maximum absolute atomic E-state index is 12.9. The van der Waals surface area contributed by atoms with E-state index in [1.165, 1.54) is 0 Å². The molecule has 0 amide bonds. The molecule has 1 fully saturated rings. The molecule has 1 saturated heterocycles. The minimum Gasteiger partial charge on any atom is -0.338 e. The number of aryl methyl sites for hydroxylation is 2. The number of hydrogen-bond donors (Lipinski definition) is 0. The first-order valence-electron chi connectivity index (χ1n) is 8.14. The highest BCUT2D eigenvalue weighted by molar-refractivity contribution is 5.34. The molecule has 2 aromatic rings. The third-order valence-electron chi connectivity index (χ3n) is 4.12. The van der Waals surface area contributed by atoms with Crippen molar-refractivity contribution in [2.24, 2.45) is 0 Å². The van der Waals surface area contributed by atoms with Crippen molar-refractivity contribution in [1.29, 1.82) is 0 Å². The van der Waals surface area contributed by atoms with Gasteiger partial charge in [0.25, 0.3) is 0 Å². The third-order valence-corrected chi connectivity index (χ3v) is 4.12. The largest absolute Gasteiger partial charge is 0.433 e. The lowest BCUT2D eigenvalue weighted by Gasteiger charge is -2.34. The lowest BCUT2D eigenvalue weighted by Crippen LogP contribution is -2.46. The number of alkyl halides is 3. The second kappa shape index (κ2) is 6.95. The van der Waals surface area contributed by atoms with Crippen LogP contribution in [0.4, 0.5) is 19.1 Å². The van der Waals surface area contributed by atoms with Crippen molar-refractivity contribution >= 4 is 5.95 Å². The molecule has 8 heteroatoms. The summed E-state index contributed by atoms with van der Waals surface area (Å²) in [5.41, 5.74) is 1.41. The Balaban J connectivity index is 1.65. The molecular weight excluding hydrogens is 331 g/mol. The molecule has 134 valence electrons. The average Bonchev–Trinajstić information content (AvgIpc) is 2.54. The van der Waals surface area contributed by atoms with Crippen molar-refractivity contribution in [2.75, 3.05) is 31.1 Å². The fourth-order valence-corrected chi connectivity index (χ4v) is 2.86. The van der Waals surface area contributed by atoms with Gasteiger partial charge < -0.3 is 4.90 Å². The van der Waals surface area contributed by atoms with E-state index in [9.17, 15) is 13.2 Å². The van der Waals surface area contributed by atoms with Crippen molar-refractivity contribution < 1.29 is 13.2 Å². The zero-order valence-corrected chi connectivity index (χ0v) is 14.2. The highest BCUT2D eigenvalue weighted by atomic mass is 19.4. The van der Waals surface area contributed by atoms with Crippen molar-refractivity contribution in [1.82, 2.24) is 19.9 Å². The van der Waals surface area contributed by atoms with E-state index in [1.807, 2.05) is 30.0 Å². The second-order valence-electron chi connectivity index (χ2n) is 6.23. The Morgan fingerprint density at radius 1 is 0.960 bits per heavy atom. The maximum Gasteiger partial charge on any atom is 0.433 e. The number of hydrogen-bond acceptors (Lipinski definition) is 5. The molecule has 3 rings (SSSR count). The summed E-state index contributed by atoms with van der Waals surface area (Å²) in [5.74, 6) is 0.153. The minimum atomic E-state index is -4.46. The van der Waals surface area contributed by atoms with E-state index >= 15 is 0 Å². The number of aromatic nitrogens is 3. The summed E-state index contributed by atoms with van der Waals surface area (Å²) in [5, 5.41) is 0. The Hall–Kier alpha value is -2.22. The molecule has 0 saturated carbocycles. The molecule has 0 N–H and O–H groups in total. The Morgan fingerprint density at radius 3 is 2.32 bits per heavy atom. The number of anilines is 1. The van der Waals surface area contributed by atoms with Gasteiger partial charge in [-0.3, -0.25) is 9.88 Å². The van der Waals surface area contributed by atoms with E-state index in [2.05, 4.69) is 19.9 Å². The van der Waals surface area contributed by atoms with Crippen LogP contribution >= 0.6 is 0 Å². The quantitative estimate of drug-likeness (QED) is 0.851. The molecular formula is C17H20F3N5. The van der Waals surface area contributed by atoms with E-state index in [-0.39, 0.29) is 5.95 Å². The molecule has 0 aliphatic carbocycles. The van der Waals surface area contributed by atoms with Gasteiger partial charge in [-0.1, -0.05) is 6.07 Å². The van der Waals surface area contributed by atoms with Gasteiger partial charge in [-0.05, 0) is 32.0 Å². The van der Waals surface area contributed by atoms with Crippen LogP contribution in [0.2, 0.25) is 0 Å². The van der Waals surface area contributed by atoms with E-state index in [4.69, 9.17) is 0 Å². The van der Waals surface area contributed by atoms with Gasteiger partial charge in [0.1, 0.15) is 5.69 Å². The first-order valence-corrected chi connectivity index (χ1v) is 8.14. The normalized spacial score (nSPS) is 16.3. The Kier molecular flexibility index (Phi) is 4.89. The van der Waals surface area contributed by atoms with Crippen LogP contribution < -0.4 is 4.90 Å². The number of pyridine rings is 1. The van der Waals surface area contributed by atoms with Crippen LogP contribution in [0.5, 0.6) is 0 Å². The highest BCUT2D eigenvalue weighted by Crippen LogP contribution is 2.29. The van der Waals surface area contributed by atoms with Crippen molar-refractivity contribution in [3.63, 3.8) is 0 Å². The van der Waals surface area contributed by atoms with Crippen molar-refractivity contribution in [3.05, 3.63) is 47.0 Å². The van der Waals surface area contributed by atoms with Crippen LogP contribution in [-0.4, -0.2) is 46.0 Å². The Labute approximate surface area is 144 Å². The molecule has 1 aliphatic heterocycles. The van der Waals surface area contributed by atoms with Gasteiger partial charge in [0, 0.05) is 44.1 Å². The first-order chi connectivity index (χ1) is 11.8. The van der Waals surface area contributed by atoms with Gasteiger partial charge in [-0.15, -0.1) is 0 Å². The van der Waals surface area contributed by atoms with Crippen LogP contribution in [0.25, 0.3) is 0 Å². The van der Waals surface area contributed by atoms with E-state index in [1.54, 1.807) is 6.92 Å². The topological polar surface area (TPSA) is 45.2 Å². The molecule has 0 aromatic carbocycles. The van der Waals surface area contributed by atoms with Crippen molar-refractivity contribution in [3.8, 4) is 0 Å². The molecule has 0 unspecified atom stereocenters. The molecule has 25 heavy (non-hydrogen) atoms. The van der Waals surface area contributed by atoms with Gasteiger partial charge in [0.2, 0.25) is 5.95 Å². The highest BCUT2D eigenvalue weighted by Gasteiger charge is 2.34. The lowest BCUT2D eigenvalue weighted by atomic mass is 10.2. The monoisotopic (exact) mass is 351 g/mol. The van der Waals surface area contributed by atoms with Crippen LogP contribution in [0, 0.1) is 13.8 Å². The molecule has 0 radical (unpaired) electrons. The Morgan fingerprint density at radius 2 is 1.68 bits per heavy atom. The Bertz CT molecular complexity index is 739. The maximum atomic E-state index is 12.9. The van der Waals surface area contributed by atoms with Gasteiger partial charge in [0.05, 0.1) is 5.69 Å². The average molecular weight is 351 g/mol. The second-order valence-corrected chi connectivity index (χ2v) is 6.23. The zero-order valence-electron chi connectivity index (χ0n) is 14.2. The fraction of sp³-hybridized carbons (Fsp3) is 0.471. The summed E-state index contributed by atoms with van der Waals surface area (Å²) in [6.45, 7) is 6.88. The summed E-state index contributed by atoms with van der Waals surface area (Å²) >= 11 is 0.